The Kier molecular flexibility index (Phi) is 2.70. The third-order valence-corrected chi connectivity index (χ3v) is 2.86. The summed E-state index contributed by atoms with van der Waals surface area (Å²) in [5.74, 6) is 1.65. The van der Waals surface area contributed by atoms with Crippen LogP contribution in [-0.2, 0) is 0 Å². The number of likely N-dealkylation sites (tertiary alicyclic amines) is 1. The first-order valence-corrected chi connectivity index (χ1v) is 5.35. The van der Waals surface area contributed by atoms with E-state index in [4.69, 9.17) is 0 Å². The third kappa shape index (κ3) is 2.16. The van der Waals surface area contributed by atoms with Crippen LogP contribution in [0.3, 0.4) is 0 Å². The average molecular weight is 208 g/mol. The number of rotatable bonds is 1. The smallest absolute Gasteiger partial charge is 0.293 e. The zero-order chi connectivity index (χ0) is 10.8. The molecule has 0 saturated carbocycles. The maximum atomic E-state index is 11.9. The fourth-order valence-electron chi connectivity index (χ4n) is 1.79. The van der Waals surface area contributed by atoms with Crippen molar-refractivity contribution < 1.29 is 4.79 Å². The minimum absolute atomic E-state index is 0.0498. The Balaban J connectivity index is 2.02. The second kappa shape index (κ2) is 4.00. The van der Waals surface area contributed by atoms with E-state index in [1.54, 1.807) is 6.92 Å². The van der Waals surface area contributed by atoms with E-state index in [9.17, 15) is 4.79 Å². The summed E-state index contributed by atoms with van der Waals surface area (Å²) in [4.78, 5) is 17.8. The summed E-state index contributed by atoms with van der Waals surface area (Å²) in [5, 5.41) is 6.57. The molecular weight excluding hydrogens is 192 g/mol. The maximum absolute atomic E-state index is 11.9. The van der Waals surface area contributed by atoms with Crippen LogP contribution in [0.25, 0.3) is 0 Å². The average Bonchev–Trinajstić information content (AvgIpc) is 2.65. The molecule has 2 heterocycles. The highest BCUT2D eigenvalue weighted by atomic mass is 16.2. The molecule has 0 atom stereocenters. The van der Waals surface area contributed by atoms with Crippen LogP contribution in [0, 0.1) is 12.8 Å². The molecule has 1 aliphatic heterocycles. The Morgan fingerprint density at radius 3 is 2.67 bits per heavy atom. The van der Waals surface area contributed by atoms with Crippen molar-refractivity contribution in [1.29, 1.82) is 0 Å². The van der Waals surface area contributed by atoms with Crippen LogP contribution in [0.4, 0.5) is 0 Å². The van der Waals surface area contributed by atoms with E-state index in [1.807, 2.05) is 4.90 Å². The fourth-order valence-corrected chi connectivity index (χ4v) is 1.79. The van der Waals surface area contributed by atoms with Gasteiger partial charge in [0.1, 0.15) is 5.82 Å². The fraction of sp³-hybridized carbons (Fsp3) is 0.700. The maximum Gasteiger partial charge on any atom is 0.293 e. The predicted molar refractivity (Wildman–Crippen MR) is 55.4 cm³/mol. The molecule has 0 aromatic carbocycles. The first-order chi connectivity index (χ1) is 7.16. The summed E-state index contributed by atoms with van der Waals surface area (Å²) in [7, 11) is 0. The third-order valence-electron chi connectivity index (χ3n) is 2.86. The van der Waals surface area contributed by atoms with Crippen molar-refractivity contribution in [3.63, 3.8) is 0 Å². The predicted octanol–water partition coefficient (Wildman–Crippen LogP) is 0.985. The van der Waals surface area contributed by atoms with Gasteiger partial charge in [-0.3, -0.25) is 9.89 Å². The second-order valence-corrected chi connectivity index (χ2v) is 4.22. The molecule has 15 heavy (non-hydrogen) atoms. The van der Waals surface area contributed by atoms with Crippen LogP contribution in [0.5, 0.6) is 0 Å². The van der Waals surface area contributed by atoms with E-state index in [0.717, 1.165) is 31.8 Å². The molecule has 5 nitrogen and oxygen atoms in total. The molecule has 82 valence electrons. The van der Waals surface area contributed by atoms with Crippen LogP contribution in [0.2, 0.25) is 0 Å². The Hall–Kier alpha value is -1.39. The number of hydrogen-bond acceptors (Lipinski definition) is 3. The Morgan fingerprint density at radius 2 is 2.13 bits per heavy atom. The number of carbonyl (C=O) groups excluding carboxylic acids is 1. The lowest BCUT2D eigenvalue weighted by molar-refractivity contribution is 0.0685. The van der Waals surface area contributed by atoms with Gasteiger partial charge in [-0.15, -0.1) is 5.10 Å². The van der Waals surface area contributed by atoms with E-state index < -0.39 is 0 Å². The Morgan fingerprint density at radius 1 is 1.47 bits per heavy atom. The first kappa shape index (κ1) is 10.1. The molecule has 1 aliphatic rings. The molecule has 0 aliphatic carbocycles. The van der Waals surface area contributed by atoms with Crippen molar-refractivity contribution in [3.05, 3.63) is 11.6 Å². The highest BCUT2D eigenvalue weighted by molar-refractivity contribution is 5.90. The monoisotopic (exact) mass is 208 g/mol. The van der Waals surface area contributed by atoms with Crippen LogP contribution in [-0.4, -0.2) is 39.1 Å². The number of aryl methyl sites for hydroxylation is 1. The number of nitrogens with zero attached hydrogens (tertiary/aromatic N) is 3. The van der Waals surface area contributed by atoms with Crippen molar-refractivity contribution in [2.75, 3.05) is 13.1 Å². The molecule has 0 unspecified atom stereocenters. The molecule has 0 radical (unpaired) electrons. The zero-order valence-corrected chi connectivity index (χ0v) is 9.16. The van der Waals surface area contributed by atoms with Crippen molar-refractivity contribution in [1.82, 2.24) is 20.1 Å². The molecule has 1 fully saturated rings. The second-order valence-electron chi connectivity index (χ2n) is 4.22. The van der Waals surface area contributed by atoms with Crippen molar-refractivity contribution in [3.8, 4) is 0 Å². The summed E-state index contributed by atoms with van der Waals surface area (Å²) >= 11 is 0. The van der Waals surface area contributed by atoms with Crippen LogP contribution < -0.4 is 0 Å². The van der Waals surface area contributed by atoms with Gasteiger partial charge in [0.15, 0.2) is 0 Å². The van der Waals surface area contributed by atoms with Crippen molar-refractivity contribution in [2.45, 2.75) is 26.7 Å². The standard InChI is InChI=1S/C10H16N4O/c1-7-3-5-14(6-4-7)10(15)9-11-8(2)12-13-9/h7H,3-6H2,1-2H3,(H,11,12,13). The van der Waals surface area contributed by atoms with Gasteiger partial charge < -0.3 is 4.90 Å². The van der Waals surface area contributed by atoms with Crippen LogP contribution in [0.15, 0.2) is 0 Å². The topological polar surface area (TPSA) is 61.9 Å². The van der Waals surface area contributed by atoms with Gasteiger partial charge >= 0.3 is 0 Å². The molecule has 0 spiro atoms. The van der Waals surface area contributed by atoms with Crippen molar-refractivity contribution >= 4 is 5.91 Å². The van der Waals surface area contributed by atoms with Gasteiger partial charge in [0.25, 0.3) is 5.91 Å². The van der Waals surface area contributed by atoms with E-state index in [0.29, 0.717) is 11.6 Å². The molecule has 1 N–H and O–H groups in total. The van der Waals surface area contributed by atoms with Crippen molar-refractivity contribution in [2.24, 2.45) is 5.92 Å². The first-order valence-electron chi connectivity index (χ1n) is 5.35. The van der Waals surface area contributed by atoms with Gasteiger partial charge in [0.05, 0.1) is 0 Å². The lowest BCUT2D eigenvalue weighted by Crippen LogP contribution is -2.38. The van der Waals surface area contributed by atoms with Gasteiger partial charge in [0.2, 0.25) is 5.82 Å². The van der Waals surface area contributed by atoms with E-state index >= 15 is 0 Å². The molecular formula is C10H16N4O. The molecule has 1 aromatic heterocycles. The minimum Gasteiger partial charge on any atom is -0.336 e. The number of amides is 1. The number of carbonyl (C=O) groups is 1. The van der Waals surface area contributed by atoms with Crippen LogP contribution >= 0.6 is 0 Å². The molecule has 2 rings (SSSR count). The Bertz CT molecular complexity index is 352. The van der Waals surface area contributed by atoms with E-state index in [-0.39, 0.29) is 5.91 Å². The molecule has 0 bridgehead atoms. The molecule has 1 aromatic rings. The summed E-state index contributed by atoms with van der Waals surface area (Å²) < 4.78 is 0. The SMILES string of the molecule is Cc1nc(C(=O)N2CCC(C)CC2)n[nH]1. The van der Waals surface area contributed by atoms with Gasteiger partial charge in [-0.05, 0) is 25.7 Å². The summed E-state index contributed by atoms with van der Waals surface area (Å²) in [6, 6.07) is 0. The van der Waals surface area contributed by atoms with E-state index in [2.05, 4.69) is 22.1 Å². The minimum atomic E-state index is -0.0498. The largest absolute Gasteiger partial charge is 0.336 e. The number of hydrogen-bond donors (Lipinski definition) is 1. The summed E-state index contributed by atoms with van der Waals surface area (Å²) in [6.07, 6.45) is 2.16. The van der Waals surface area contributed by atoms with Gasteiger partial charge in [-0.1, -0.05) is 6.92 Å². The van der Waals surface area contributed by atoms with Gasteiger partial charge in [-0.25, -0.2) is 4.98 Å². The Labute approximate surface area is 88.9 Å². The van der Waals surface area contributed by atoms with Gasteiger partial charge in [-0.2, -0.15) is 0 Å². The normalized spacial score (nSPS) is 18.1. The number of aromatic nitrogens is 3. The quantitative estimate of drug-likeness (QED) is 0.748. The molecule has 5 heteroatoms. The molecule has 1 amide bonds. The van der Waals surface area contributed by atoms with Gasteiger partial charge in [0, 0.05) is 13.1 Å². The zero-order valence-electron chi connectivity index (χ0n) is 9.16. The van der Waals surface area contributed by atoms with Crippen LogP contribution in [0.1, 0.15) is 36.2 Å². The highest BCUT2D eigenvalue weighted by Crippen LogP contribution is 2.17. The summed E-state index contributed by atoms with van der Waals surface area (Å²) in [5.41, 5.74) is 0. The number of H-pyrrole nitrogens is 1. The van der Waals surface area contributed by atoms with E-state index in [1.165, 1.54) is 0 Å². The lowest BCUT2D eigenvalue weighted by atomic mass is 9.99. The number of aromatic amines is 1. The summed E-state index contributed by atoms with van der Waals surface area (Å²) in [6.45, 7) is 5.67. The lowest BCUT2D eigenvalue weighted by Gasteiger charge is -2.29. The highest BCUT2D eigenvalue weighted by Gasteiger charge is 2.23. The number of piperidine rings is 1. The molecule has 1 saturated heterocycles. The number of nitrogens with one attached hydrogen (secondary N) is 1.